The van der Waals surface area contributed by atoms with Crippen molar-refractivity contribution in [2.75, 3.05) is 24.7 Å². The molecular formula is C21H27NO5. The molecule has 2 saturated carbocycles. The molecule has 3 unspecified atom stereocenters. The molecule has 1 amide bonds. The largest absolute Gasteiger partial charge is 0.465 e. The number of nitrogens with zero attached hydrogens (tertiary/aromatic N) is 1. The number of benzene rings is 1. The van der Waals surface area contributed by atoms with Gasteiger partial charge < -0.3 is 9.47 Å². The first-order valence-electron chi connectivity index (χ1n) is 9.73. The molecule has 1 aromatic rings. The predicted molar refractivity (Wildman–Crippen MR) is 99.9 cm³/mol. The lowest BCUT2D eigenvalue weighted by Gasteiger charge is -2.23. The summed E-state index contributed by atoms with van der Waals surface area (Å²) in [4.78, 5) is 37.9. The Morgan fingerprint density at radius 3 is 2.44 bits per heavy atom. The van der Waals surface area contributed by atoms with Crippen molar-refractivity contribution < 1.29 is 23.9 Å². The molecule has 0 N–H and O–H groups in total. The number of amides is 1. The van der Waals surface area contributed by atoms with Crippen LogP contribution in [0, 0.1) is 17.8 Å². The zero-order valence-electron chi connectivity index (χ0n) is 15.8. The van der Waals surface area contributed by atoms with Crippen LogP contribution < -0.4 is 4.90 Å². The lowest BCUT2D eigenvalue weighted by atomic mass is 9.86. The number of ether oxygens (including phenoxy) is 2. The fraction of sp³-hybridized carbons (Fsp3) is 0.571. The molecule has 27 heavy (non-hydrogen) atoms. The lowest BCUT2D eigenvalue weighted by Crippen LogP contribution is -2.39. The third kappa shape index (κ3) is 5.08. The molecule has 0 aliphatic heterocycles. The number of rotatable bonds is 8. The molecule has 1 aromatic carbocycles. The Balaban J connectivity index is 1.53. The van der Waals surface area contributed by atoms with Crippen molar-refractivity contribution in [3.63, 3.8) is 0 Å². The molecule has 0 spiro atoms. The Morgan fingerprint density at radius 1 is 1.04 bits per heavy atom. The molecule has 2 aliphatic carbocycles. The highest BCUT2D eigenvalue weighted by atomic mass is 16.5. The van der Waals surface area contributed by atoms with Gasteiger partial charge in [0.2, 0.25) is 0 Å². The molecule has 2 bridgehead atoms. The standard InChI is InChI=1S/C21H27NO5/c1-2-26-21(25)13-22(18-6-4-3-5-7-18)19(23)14-27-20(24)12-17-11-15-8-9-16(17)10-15/h3-7,15-17H,2,8-14H2,1H3. The van der Waals surface area contributed by atoms with E-state index in [1.165, 1.54) is 24.2 Å². The maximum Gasteiger partial charge on any atom is 0.326 e. The molecule has 6 nitrogen and oxygen atoms in total. The number of esters is 2. The first kappa shape index (κ1) is 19.4. The average molecular weight is 373 g/mol. The van der Waals surface area contributed by atoms with E-state index in [9.17, 15) is 14.4 Å². The van der Waals surface area contributed by atoms with E-state index in [2.05, 4.69) is 0 Å². The van der Waals surface area contributed by atoms with Crippen LogP contribution in [0.15, 0.2) is 30.3 Å². The van der Waals surface area contributed by atoms with Gasteiger partial charge in [0.05, 0.1) is 6.61 Å². The molecule has 3 atom stereocenters. The van der Waals surface area contributed by atoms with Crippen molar-refractivity contribution in [1.82, 2.24) is 0 Å². The van der Waals surface area contributed by atoms with Crippen LogP contribution in [0.2, 0.25) is 0 Å². The highest BCUT2D eigenvalue weighted by Gasteiger charge is 2.40. The van der Waals surface area contributed by atoms with Crippen LogP contribution in [0.4, 0.5) is 5.69 Å². The zero-order chi connectivity index (χ0) is 19.2. The fourth-order valence-corrected chi connectivity index (χ4v) is 4.39. The summed E-state index contributed by atoms with van der Waals surface area (Å²) < 4.78 is 10.2. The van der Waals surface area contributed by atoms with E-state index in [4.69, 9.17) is 9.47 Å². The summed E-state index contributed by atoms with van der Waals surface area (Å²) in [6, 6.07) is 8.85. The van der Waals surface area contributed by atoms with E-state index in [-0.39, 0.29) is 25.7 Å². The first-order valence-corrected chi connectivity index (χ1v) is 9.73. The van der Waals surface area contributed by atoms with Gasteiger partial charge in [0, 0.05) is 12.1 Å². The Kier molecular flexibility index (Phi) is 6.48. The van der Waals surface area contributed by atoms with Crippen molar-refractivity contribution >= 4 is 23.5 Å². The van der Waals surface area contributed by atoms with E-state index in [1.54, 1.807) is 31.2 Å². The molecular weight excluding hydrogens is 346 g/mol. The summed E-state index contributed by atoms with van der Waals surface area (Å²) in [6.07, 6.45) is 5.22. The van der Waals surface area contributed by atoms with Gasteiger partial charge in [0.15, 0.2) is 6.61 Å². The van der Waals surface area contributed by atoms with Gasteiger partial charge in [-0.2, -0.15) is 0 Å². The van der Waals surface area contributed by atoms with E-state index < -0.39 is 11.9 Å². The highest BCUT2D eigenvalue weighted by molar-refractivity contribution is 5.99. The molecule has 2 aliphatic rings. The summed E-state index contributed by atoms with van der Waals surface area (Å²) in [7, 11) is 0. The second-order valence-corrected chi connectivity index (χ2v) is 7.42. The number of para-hydroxylation sites is 1. The van der Waals surface area contributed by atoms with Gasteiger partial charge in [-0.3, -0.25) is 19.3 Å². The summed E-state index contributed by atoms with van der Waals surface area (Å²) in [5.41, 5.74) is 0.569. The fourth-order valence-electron chi connectivity index (χ4n) is 4.39. The molecule has 6 heteroatoms. The van der Waals surface area contributed by atoms with E-state index in [1.807, 2.05) is 6.07 Å². The molecule has 0 saturated heterocycles. The minimum absolute atomic E-state index is 0.208. The van der Waals surface area contributed by atoms with Gasteiger partial charge in [-0.05, 0) is 56.1 Å². The number of hydrogen-bond acceptors (Lipinski definition) is 5. The number of anilines is 1. The smallest absolute Gasteiger partial charge is 0.326 e. The van der Waals surface area contributed by atoms with Crippen molar-refractivity contribution in [3.8, 4) is 0 Å². The van der Waals surface area contributed by atoms with Crippen LogP contribution in [0.5, 0.6) is 0 Å². The lowest BCUT2D eigenvalue weighted by molar-refractivity contribution is -0.149. The Labute approximate surface area is 159 Å². The number of hydrogen-bond donors (Lipinski definition) is 0. The van der Waals surface area contributed by atoms with Gasteiger partial charge >= 0.3 is 11.9 Å². The Morgan fingerprint density at radius 2 is 1.81 bits per heavy atom. The van der Waals surface area contributed by atoms with Gasteiger partial charge in [-0.15, -0.1) is 0 Å². The average Bonchev–Trinajstić information content (AvgIpc) is 3.28. The third-order valence-corrected chi connectivity index (χ3v) is 5.63. The zero-order valence-corrected chi connectivity index (χ0v) is 15.8. The van der Waals surface area contributed by atoms with Crippen molar-refractivity contribution in [2.45, 2.75) is 39.0 Å². The second-order valence-electron chi connectivity index (χ2n) is 7.42. The summed E-state index contributed by atoms with van der Waals surface area (Å²) >= 11 is 0. The second kappa shape index (κ2) is 9.02. The van der Waals surface area contributed by atoms with Crippen LogP contribution in [0.3, 0.4) is 0 Å². The molecule has 0 radical (unpaired) electrons. The van der Waals surface area contributed by atoms with Crippen molar-refractivity contribution in [3.05, 3.63) is 30.3 Å². The van der Waals surface area contributed by atoms with Crippen LogP contribution >= 0.6 is 0 Å². The van der Waals surface area contributed by atoms with Crippen LogP contribution in [-0.4, -0.2) is 37.6 Å². The van der Waals surface area contributed by atoms with Crippen LogP contribution in [0.25, 0.3) is 0 Å². The normalized spacial score (nSPS) is 23.1. The summed E-state index contributed by atoms with van der Waals surface area (Å²) in [6.45, 7) is 1.38. The van der Waals surface area contributed by atoms with Gasteiger partial charge in [-0.1, -0.05) is 24.6 Å². The van der Waals surface area contributed by atoms with E-state index >= 15 is 0 Å². The van der Waals surface area contributed by atoms with Gasteiger partial charge in [0.1, 0.15) is 6.54 Å². The Hall–Kier alpha value is -2.37. The molecule has 146 valence electrons. The van der Waals surface area contributed by atoms with Crippen LogP contribution in [0.1, 0.15) is 39.0 Å². The number of carbonyl (C=O) groups is 3. The van der Waals surface area contributed by atoms with E-state index in [0.29, 0.717) is 23.9 Å². The summed E-state index contributed by atoms with van der Waals surface area (Å²) in [5, 5.41) is 0. The first-order chi connectivity index (χ1) is 13.1. The summed E-state index contributed by atoms with van der Waals surface area (Å²) in [5.74, 6) is 0.551. The molecule has 3 rings (SSSR count). The molecule has 0 heterocycles. The topological polar surface area (TPSA) is 72.9 Å². The maximum atomic E-state index is 12.6. The van der Waals surface area contributed by atoms with Crippen molar-refractivity contribution in [1.29, 1.82) is 0 Å². The Bertz CT molecular complexity index is 674. The predicted octanol–water partition coefficient (Wildman–Crippen LogP) is 2.95. The van der Waals surface area contributed by atoms with E-state index in [0.717, 1.165) is 12.3 Å². The van der Waals surface area contributed by atoms with Gasteiger partial charge in [0.25, 0.3) is 5.91 Å². The van der Waals surface area contributed by atoms with Gasteiger partial charge in [-0.25, -0.2) is 0 Å². The number of fused-ring (bicyclic) bond motifs is 2. The third-order valence-electron chi connectivity index (χ3n) is 5.63. The van der Waals surface area contributed by atoms with Crippen molar-refractivity contribution in [2.24, 2.45) is 17.8 Å². The SMILES string of the molecule is CCOC(=O)CN(C(=O)COC(=O)CC1CC2CCC1C2)c1ccccc1. The maximum absolute atomic E-state index is 12.6. The molecule has 0 aromatic heterocycles. The minimum atomic E-state index is -0.497. The number of carbonyl (C=O) groups excluding carboxylic acids is 3. The minimum Gasteiger partial charge on any atom is -0.465 e. The molecule has 2 fully saturated rings. The quantitative estimate of drug-likeness (QED) is 0.655. The highest BCUT2D eigenvalue weighted by Crippen LogP contribution is 2.49. The van der Waals surface area contributed by atoms with Crippen LogP contribution in [-0.2, 0) is 23.9 Å². The monoisotopic (exact) mass is 373 g/mol.